The normalized spacial score (nSPS) is 17.6. The molecule has 1 aromatic heterocycles. The number of methoxy groups -OCH3 is 1. The number of aromatic amines is 1. The van der Waals surface area contributed by atoms with E-state index in [-0.39, 0.29) is 29.4 Å². The Hall–Kier alpha value is -2.15. The number of aromatic nitrogens is 1. The number of aryl methyl sites for hydroxylation is 1. The van der Waals surface area contributed by atoms with Crippen LogP contribution >= 0.6 is 0 Å². The smallest absolute Gasteiger partial charge is 0.354 e. The monoisotopic (exact) mass is 392 g/mol. The molecule has 1 aliphatic rings. The van der Waals surface area contributed by atoms with Crippen LogP contribution in [0, 0.1) is 19.8 Å². The molecule has 1 N–H and O–H groups in total. The fourth-order valence-corrected chi connectivity index (χ4v) is 3.73. The third-order valence-electron chi connectivity index (χ3n) is 5.25. The van der Waals surface area contributed by atoms with Crippen molar-refractivity contribution in [2.75, 3.05) is 20.3 Å². The first-order valence-corrected chi connectivity index (χ1v) is 9.90. The summed E-state index contributed by atoms with van der Waals surface area (Å²) in [4.78, 5) is 42.7. The van der Waals surface area contributed by atoms with Gasteiger partial charge in [-0.1, -0.05) is 13.8 Å². The molecule has 1 amide bonds. The van der Waals surface area contributed by atoms with Gasteiger partial charge < -0.3 is 19.4 Å². The van der Waals surface area contributed by atoms with Gasteiger partial charge in [0.15, 0.2) is 5.78 Å². The number of hydrogen-bond acceptors (Lipinski definition) is 5. The van der Waals surface area contributed by atoms with Crippen molar-refractivity contribution < 1.29 is 23.9 Å². The molecule has 7 heteroatoms. The maximum absolute atomic E-state index is 13.3. The van der Waals surface area contributed by atoms with Crippen molar-refractivity contribution in [2.24, 2.45) is 5.92 Å². The van der Waals surface area contributed by atoms with Crippen molar-refractivity contribution in [3.63, 3.8) is 0 Å². The molecule has 2 rings (SSSR count). The Kier molecular flexibility index (Phi) is 7.41. The highest BCUT2D eigenvalue weighted by molar-refractivity contribution is 6.06. The Labute approximate surface area is 166 Å². The molecule has 1 fully saturated rings. The van der Waals surface area contributed by atoms with E-state index < -0.39 is 12.0 Å². The van der Waals surface area contributed by atoms with Crippen molar-refractivity contribution in [3.8, 4) is 0 Å². The average Bonchev–Trinajstić information content (AvgIpc) is 3.25. The van der Waals surface area contributed by atoms with E-state index in [9.17, 15) is 14.4 Å². The maximum Gasteiger partial charge on any atom is 0.354 e. The lowest BCUT2D eigenvalue weighted by molar-refractivity contribution is -0.134. The van der Waals surface area contributed by atoms with Crippen LogP contribution < -0.4 is 0 Å². The third-order valence-corrected chi connectivity index (χ3v) is 5.25. The molecule has 1 aromatic rings. The van der Waals surface area contributed by atoms with Gasteiger partial charge in [0.25, 0.3) is 0 Å². The molecule has 2 unspecified atom stereocenters. The van der Waals surface area contributed by atoms with E-state index in [1.54, 1.807) is 25.7 Å². The van der Waals surface area contributed by atoms with E-state index in [1.165, 1.54) is 7.11 Å². The molecule has 0 bridgehead atoms. The molecule has 1 saturated heterocycles. The minimum absolute atomic E-state index is 0.0367. The zero-order valence-electron chi connectivity index (χ0n) is 17.8. The second-order valence-corrected chi connectivity index (χ2v) is 7.94. The highest BCUT2D eigenvalue weighted by Gasteiger charge is 2.33. The first-order valence-electron chi connectivity index (χ1n) is 9.90. The lowest BCUT2D eigenvalue weighted by Gasteiger charge is -2.31. The number of carbonyl (C=O) groups is 3. The van der Waals surface area contributed by atoms with Gasteiger partial charge in [0.2, 0.25) is 5.91 Å². The lowest BCUT2D eigenvalue weighted by atomic mass is 9.98. The van der Waals surface area contributed by atoms with Crippen molar-refractivity contribution in [2.45, 2.75) is 66.0 Å². The summed E-state index contributed by atoms with van der Waals surface area (Å²) in [5.41, 5.74) is 1.87. The van der Waals surface area contributed by atoms with Crippen LogP contribution in [0.4, 0.5) is 0 Å². The number of nitrogens with one attached hydrogen (secondary N) is 1. The number of carbonyl (C=O) groups excluding carboxylic acids is 3. The number of rotatable bonds is 8. The van der Waals surface area contributed by atoms with Crippen LogP contribution in [0.2, 0.25) is 0 Å². The quantitative estimate of drug-likeness (QED) is 0.543. The minimum Gasteiger partial charge on any atom is -0.464 e. The van der Waals surface area contributed by atoms with Crippen LogP contribution in [0.3, 0.4) is 0 Å². The number of H-pyrrole nitrogens is 1. The number of esters is 1. The van der Waals surface area contributed by atoms with Gasteiger partial charge in [-0.15, -0.1) is 0 Å². The Balaban J connectivity index is 2.30. The van der Waals surface area contributed by atoms with E-state index in [1.807, 2.05) is 13.8 Å². The molecule has 0 aromatic carbocycles. The summed E-state index contributed by atoms with van der Waals surface area (Å²) in [5, 5.41) is 0. The number of ketones is 1. The maximum atomic E-state index is 13.3. The van der Waals surface area contributed by atoms with Crippen LogP contribution in [0.1, 0.15) is 72.1 Å². The first kappa shape index (κ1) is 22.1. The van der Waals surface area contributed by atoms with Gasteiger partial charge in [0, 0.05) is 30.8 Å². The van der Waals surface area contributed by atoms with E-state index in [4.69, 9.17) is 9.47 Å². The predicted octanol–water partition coefficient (Wildman–Crippen LogP) is 3.04. The molecule has 0 saturated carbocycles. The van der Waals surface area contributed by atoms with Crippen molar-refractivity contribution in [3.05, 3.63) is 22.5 Å². The van der Waals surface area contributed by atoms with Gasteiger partial charge in [-0.3, -0.25) is 9.59 Å². The summed E-state index contributed by atoms with van der Waals surface area (Å²) in [6.07, 6.45) is 2.20. The van der Waals surface area contributed by atoms with E-state index in [2.05, 4.69) is 4.98 Å². The molecule has 0 radical (unpaired) electrons. The zero-order chi connectivity index (χ0) is 21.0. The Morgan fingerprint density at radius 1 is 1.25 bits per heavy atom. The molecular formula is C21H32N2O5. The van der Waals surface area contributed by atoms with Gasteiger partial charge in [0.1, 0.15) is 5.69 Å². The largest absolute Gasteiger partial charge is 0.464 e. The standard InChI is InChI=1S/C21H32N2O5/c1-12(2)10-17(24)23(11-16-8-7-9-28-16)15(5)20(25)18-13(3)19(21(26)27-6)22-14(18)4/h12,15-16,22H,7-11H2,1-6H3. The third kappa shape index (κ3) is 4.82. The zero-order valence-corrected chi connectivity index (χ0v) is 17.8. The average molecular weight is 392 g/mol. The minimum atomic E-state index is -0.644. The first-order chi connectivity index (χ1) is 13.2. The highest BCUT2D eigenvalue weighted by atomic mass is 16.5. The van der Waals surface area contributed by atoms with Crippen molar-refractivity contribution in [1.29, 1.82) is 0 Å². The van der Waals surface area contributed by atoms with Crippen LogP contribution in [-0.2, 0) is 14.3 Å². The van der Waals surface area contributed by atoms with Gasteiger partial charge in [0.05, 0.1) is 19.3 Å². The predicted molar refractivity (Wildman–Crippen MR) is 106 cm³/mol. The molecule has 2 heterocycles. The summed E-state index contributed by atoms with van der Waals surface area (Å²) in [7, 11) is 1.30. The van der Waals surface area contributed by atoms with Crippen molar-refractivity contribution >= 4 is 17.7 Å². The Morgan fingerprint density at radius 3 is 2.46 bits per heavy atom. The number of hydrogen-bond donors (Lipinski definition) is 1. The Bertz CT molecular complexity index is 731. The van der Waals surface area contributed by atoms with E-state index >= 15 is 0 Å². The van der Waals surface area contributed by atoms with Crippen LogP contribution in [0.15, 0.2) is 0 Å². The number of ether oxygens (including phenoxy) is 2. The lowest BCUT2D eigenvalue weighted by Crippen LogP contribution is -2.47. The molecule has 0 aliphatic carbocycles. The molecule has 2 atom stereocenters. The van der Waals surface area contributed by atoms with E-state index in [0.29, 0.717) is 36.4 Å². The molecule has 28 heavy (non-hydrogen) atoms. The SMILES string of the molecule is COC(=O)c1[nH]c(C)c(C(=O)C(C)N(CC2CCCO2)C(=O)CC(C)C)c1C. The van der Waals surface area contributed by atoms with Crippen LogP contribution in [0.5, 0.6) is 0 Å². The molecule has 156 valence electrons. The Morgan fingerprint density at radius 2 is 1.93 bits per heavy atom. The highest BCUT2D eigenvalue weighted by Crippen LogP contribution is 2.24. The second-order valence-electron chi connectivity index (χ2n) is 7.94. The summed E-state index contributed by atoms with van der Waals surface area (Å²) in [5.74, 6) is -0.551. The van der Waals surface area contributed by atoms with Crippen molar-refractivity contribution in [1.82, 2.24) is 9.88 Å². The molecule has 7 nitrogen and oxygen atoms in total. The topological polar surface area (TPSA) is 88.7 Å². The van der Waals surface area contributed by atoms with E-state index in [0.717, 1.165) is 12.8 Å². The number of nitrogens with zero attached hydrogens (tertiary/aromatic N) is 1. The molecule has 1 aliphatic heterocycles. The summed E-state index contributed by atoms with van der Waals surface area (Å²) < 4.78 is 10.5. The number of Topliss-reactive ketones (excluding diaryl/α,β-unsaturated/α-hetero) is 1. The summed E-state index contributed by atoms with van der Waals surface area (Å²) >= 11 is 0. The summed E-state index contributed by atoms with van der Waals surface area (Å²) in [6, 6.07) is -0.644. The molecule has 0 spiro atoms. The second kappa shape index (κ2) is 9.37. The van der Waals surface area contributed by atoms with Gasteiger partial charge >= 0.3 is 5.97 Å². The number of amides is 1. The van der Waals surface area contributed by atoms with Gasteiger partial charge in [-0.2, -0.15) is 0 Å². The fourth-order valence-electron chi connectivity index (χ4n) is 3.73. The van der Waals surface area contributed by atoms with Gasteiger partial charge in [-0.05, 0) is 45.1 Å². The van der Waals surface area contributed by atoms with Gasteiger partial charge in [-0.25, -0.2) is 4.79 Å². The van der Waals surface area contributed by atoms with Crippen LogP contribution in [0.25, 0.3) is 0 Å². The molecular weight excluding hydrogens is 360 g/mol. The summed E-state index contributed by atoms with van der Waals surface area (Å²) in [6.45, 7) is 10.3. The fraction of sp³-hybridized carbons (Fsp3) is 0.667. The van der Waals surface area contributed by atoms with Crippen LogP contribution in [-0.4, -0.2) is 60.0 Å².